The van der Waals surface area contributed by atoms with E-state index in [9.17, 15) is 9.59 Å². The lowest BCUT2D eigenvalue weighted by molar-refractivity contribution is -0.141. The van der Waals surface area contributed by atoms with E-state index in [2.05, 4.69) is 0 Å². The summed E-state index contributed by atoms with van der Waals surface area (Å²) >= 11 is 1.47. The van der Waals surface area contributed by atoms with Crippen LogP contribution in [-0.2, 0) is 9.53 Å². The Morgan fingerprint density at radius 3 is 2.72 bits per heavy atom. The largest absolute Gasteiger partial charge is 0.480 e. The molecule has 18 heavy (non-hydrogen) atoms. The number of thioether (sulfide) groups is 1. The summed E-state index contributed by atoms with van der Waals surface area (Å²) in [5.41, 5.74) is 0. The Bertz CT molecular complexity index is 311. The first-order valence-electron chi connectivity index (χ1n) is 5.85. The first-order chi connectivity index (χ1) is 8.49. The molecule has 0 aromatic heterocycles. The molecule has 1 aliphatic heterocycles. The molecule has 0 aromatic rings. The van der Waals surface area contributed by atoms with Gasteiger partial charge in [0.15, 0.2) is 0 Å². The SMILES string of the molecule is COCCN(C(=O)N1CSCC1C(=O)O)C(C)C. The summed E-state index contributed by atoms with van der Waals surface area (Å²) in [4.78, 5) is 26.5. The van der Waals surface area contributed by atoms with Gasteiger partial charge in [0.1, 0.15) is 6.04 Å². The van der Waals surface area contributed by atoms with E-state index in [1.54, 1.807) is 12.0 Å². The molecule has 0 aromatic carbocycles. The summed E-state index contributed by atoms with van der Waals surface area (Å²) in [7, 11) is 1.58. The number of carbonyl (C=O) groups is 2. The van der Waals surface area contributed by atoms with Crippen LogP contribution in [0.3, 0.4) is 0 Å². The van der Waals surface area contributed by atoms with Gasteiger partial charge in [-0.05, 0) is 13.8 Å². The van der Waals surface area contributed by atoms with Crippen molar-refractivity contribution in [2.24, 2.45) is 0 Å². The van der Waals surface area contributed by atoms with Crippen molar-refractivity contribution in [3.05, 3.63) is 0 Å². The van der Waals surface area contributed by atoms with E-state index in [0.717, 1.165) is 0 Å². The standard InChI is InChI=1S/C11H20N2O4S/c1-8(2)12(4-5-17-3)11(16)13-7-18-6-9(13)10(14)15/h8-9H,4-7H2,1-3H3,(H,14,15). The van der Waals surface area contributed by atoms with Gasteiger partial charge in [-0.1, -0.05) is 0 Å². The van der Waals surface area contributed by atoms with Gasteiger partial charge in [0.05, 0.1) is 12.5 Å². The third-order valence-corrected chi connectivity index (χ3v) is 3.83. The fourth-order valence-corrected chi connectivity index (χ4v) is 2.90. The number of ether oxygens (including phenoxy) is 1. The van der Waals surface area contributed by atoms with Crippen molar-refractivity contribution in [1.29, 1.82) is 0 Å². The van der Waals surface area contributed by atoms with Crippen molar-refractivity contribution in [2.75, 3.05) is 31.9 Å². The van der Waals surface area contributed by atoms with Crippen molar-refractivity contribution in [2.45, 2.75) is 25.9 Å². The average Bonchev–Trinajstić information content (AvgIpc) is 2.77. The molecular weight excluding hydrogens is 256 g/mol. The zero-order valence-corrected chi connectivity index (χ0v) is 11.8. The summed E-state index contributed by atoms with van der Waals surface area (Å²) in [6.45, 7) is 4.74. The van der Waals surface area contributed by atoms with Crippen LogP contribution in [0.4, 0.5) is 4.79 Å². The molecule has 1 heterocycles. The highest BCUT2D eigenvalue weighted by Crippen LogP contribution is 2.23. The first kappa shape index (κ1) is 15.1. The quantitative estimate of drug-likeness (QED) is 0.808. The van der Waals surface area contributed by atoms with E-state index in [0.29, 0.717) is 24.8 Å². The molecule has 1 N–H and O–H groups in total. The highest BCUT2D eigenvalue weighted by atomic mass is 32.2. The topological polar surface area (TPSA) is 70.1 Å². The molecule has 1 fully saturated rings. The Labute approximate surface area is 111 Å². The fraction of sp³-hybridized carbons (Fsp3) is 0.818. The van der Waals surface area contributed by atoms with Gasteiger partial charge in [0.25, 0.3) is 0 Å². The predicted octanol–water partition coefficient (Wildman–Crippen LogP) is 0.923. The van der Waals surface area contributed by atoms with Crippen LogP contribution in [0, 0.1) is 0 Å². The minimum atomic E-state index is -0.941. The van der Waals surface area contributed by atoms with Gasteiger partial charge in [0.2, 0.25) is 0 Å². The maximum atomic E-state index is 12.3. The Balaban J connectivity index is 2.72. The van der Waals surface area contributed by atoms with E-state index in [1.807, 2.05) is 13.8 Å². The van der Waals surface area contributed by atoms with Gasteiger partial charge in [-0.25, -0.2) is 9.59 Å². The molecule has 7 heteroatoms. The Kier molecular flexibility index (Phi) is 5.74. The molecule has 0 aliphatic carbocycles. The smallest absolute Gasteiger partial charge is 0.327 e. The fourth-order valence-electron chi connectivity index (χ4n) is 1.77. The van der Waals surface area contributed by atoms with Gasteiger partial charge >= 0.3 is 12.0 Å². The van der Waals surface area contributed by atoms with E-state index < -0.39 is 12.0 Å². The number of nitrogens with zero attached hydrogens (tertiary/aromatic N) is 2. The summed E-state index contributed by atoms with van der Waals surface area (Å²) in [5, 5.41) is 9.08. The monoisotopic (exact) mass is 276 g/mol. The number of carboxylic acids is 1. The lowest BCUT2D eigenvalue weighted by atomic mass is 10.3. The van der Waals surface area contributed by atoms with Crippen molar-refractivity contribution in [3.8, 4) is 0 Å². The molecule has 6 nitrogen and oxygen atoms in total. The molecule has 2 amide bonds. The molecule has 1 rings (SSSR count). The van der Waals surface area contributed by atoms with E-state index >= 15 is 0 Å². The van der Waals surface area contributed by atoms with Gasteiger partial charge in [-0.3, -0.25) is 0 Å². The average molecular weight is 276 g/mol. The van der Waals surface area contributed by atoms with Crippen LogP contribution in [0.5, 0.6) is 0 Å². The zero-order chi connectivity index (χ0) is 13.7. The minimum absolute atomic E-state index is 0.0210. The van der Waals surface area contributed by atoms with Crippen molar-refractivity contribution in [1.82, 2.24) is 9.80 Å². The highest BCUT2D eigenvalue weighted by molar-refractivity contribution is 7.99. The van der Waals surface area contributed by atoms with E-state index in [1.165, 1.54) is 16.7 Å². The summed E-state index contributed by atoms with van der Waals surface area (Å²) in [5.74, 6) is -0.0488. The molecule has 1 atom stereocenters. The second-order valence-electron chi connectivity index (χ2n) is 4.39. The van der Waals surface area contributed by atoms with Crippen LogP contribution in [-0.4, -0.2) is 70.9 Å². The van der Waals surface area contributed by atoms with Crippen molar-refractivity contribution < 1.29 is 19.4 Å². The predicted molar refractivity (Wildman–Crippen MR) is 69.7 cm³/mol. The molecule has 0 spiro atoms. The first-order valence-corrected chi connectivity index (χ1v) is 7.01. The number of carboxylic acid groups (broad SMARTS) is 1. The summed E-state index contributed by atoms with van der Waals surface area (Å²) in [6.07, 6.45) is 0. The van der Waals surface area contributed by atoms with Crippen LogP contribution in [0.1, 0.15) is 13.8 Å². The van der Waals surface area contributed by atoms with Crippen molar-refractivity contribution in [3.63, 3.8) is 0 Å². The summed E-state index contributed by atoms with van der Waals surface area (Å²) < 4.78 is 4.98. The van der Waals surface area contributed by atoms with Crippen LogP contribution in [0.25, 0.3) is 0 Å². The Morgan fingerprint density at radius 1 is 1.56 bits per heavy atom. The van der Waals surface area contributed by atoms with Gasteiger partial charge in [-0.15, -0.1) is 11.8 Å². The van der Waals surface area contributed by atoms with Crippen molar-refractivity contribution >= 4 is 23.8 Å². The normalized spacial score (nSPS) is 19.3. The third-order valence-electron chi connectivity index (χ3n) is 2.82. The van der Waals surface area contributed by atoms with Crippen LogP contribution in [0.15, 0.2) is 0 Å². The lowest BCUT2D eigenvalue weighted by Gasteiger charge is -2.32. The van der Waals surface area contributed by atoms with Gasteiger partial charge < -0.3 is 19.6 Å². The minimum Gasteiger partial charge on any atom is -0.480 e. The van der Waals surface area contributed by atoms with E-state index in [-0.39, 0.29) is 12.1 Å². The number of methoxy groups -OCH3 is 1. The number of rotatable bonds is 5. The number of amides is 2. The summed E-state index contributed by atoms with van der Waals surface area (Å²) in [6, 6.07) is -0.918. The lowest BCUT2D eigenvalue weighted by Crippen LogP contribution is -2.51. The Morgan fingerprint density at radius 2 is 2.22 bits per heavy atom. The highest BCUT2D eigenvalue weighted by Gasteiger charge is 2.37. The molecule has 0 bridgehead atoms. The second-order valence-corrected chi connectivity index (χ2v) is 5.39. The van der Waals surface area contributed by atoms with Crippen LogP contribution < -0.4 is 0 Å². The number of hydrogen-bond donors (Lipinski definition) is 1. The number of aliphatic carboxylic acids is 1. The maximum Gasteiger partial charge on any atom is 0.327 e. The number of urea groups is 1. The molecule has 104 valence electrons. The Hall–Kier alpha value is -0.950. The van der Waals surface area contributed by atoms with Gasteiger partial charge in [0, 0.05) is 25.4 Å². The molecule has 1 aliphatic rings. The maximum absolute atomic E-state index is 12.3. The molecular formula is C11H20N2O4S. The molecule has 0 radical (unpaired) electrons. The van der Waals surface area contributed by atoms with Crippen LogP contribution >= 0.6 is 11.8 Å². The van der Waals surface area contributed by atoms with E-state index in [4.69, 9.17) is 9.84 Å². The number of hydrogen-bond acceptors (Lipinski definition) is 4. The molecule has 1 unspecified atom stereocenters. The second kappa shape index (κ2) is 6.84. The number of carbonyl (C=O) groups excluding carboxylic acids is 1. The van der Waals surface area contributed by atoms with Gasteiger partial charge in [-0.2, -0.15) is 0 Å². The van der Waals surface area contributed by atoms with Crippen LogP contribution in [0.2, 0.25) is 0 Å². The molecule has 0 saturated carbocycles. The third kappa shape index (κ3) is 3.52. The molecule has 1 saturated heterocycles. The zero-order valence-electron chi connectivity index (χ0n) is 11.0.